The molecule has 1 aliphatic rings. The zero-order chi connectivity index (χ0) is 19.8. The molecule has 7 heteroatoms. The van der Waals surface area contributed by atoms with Gasteiger partial charge in [0.25, 0.3) is 0 Å². The number of carbonyl (C=O) groups excluding carboxylic acids is 1. The largest absolute Gasteiger partial charge is 0.466 e. The molecule has 2 aromatic rings. The summed E-state index contributed by atoms with van der Waals surface area (Å²) >= 11 is 0. The maximum Gasteiger partial charge on any atom is 0.243 e. The topological polar surface area (TPSA) is 79.6 Å². The second-order valence-corrected chi connectivity index (χ2v) is 9.08. The molecule has 6 nitrogen and oxygen atoms in total. The van der Waals surface area contributed by atoms with Gasteiger partial charge in [-0.05, 0) is 58.7 Å². The van der Waals surface area contributed by atoms with E-state index in [9.17, 15) is 13.2 Å². The van der Waals surface area contributed by atoms with Gasteiger partial charge in [0.1, 0.15) is 17.6 Å². The Morgan fingerprint density at radius 3 is 2.48 bits per heavy atom. The Hall–Kier alpha value is -2.12. The lowest BCUT2D eigenvalue weighted by molar-refractivity contribution is -0.124. The van der Waals surface area contributed by atoms with Gasteiger partial charge in [0, 0.05) is 12.1 Å². The van der Waals surface area contributed by atoms with Crippen molar-refractivity contribution in [3.63, 3.8) is 0 Å². The number of sulfonamides is 1. The zero-order valence-electron chi connectivity index (χ0n) is 16.2. The number of furan rings is 1. The highest BCUT2D eigenvalue weighted by molar-refractivity contribution is 7.89. The van der Waals surface area contributed by atoms with Crippen LogP contribution in [0, 0.1) is 20.8 Å². The number of benzene rings is 1. The molecule has 1 N–H and O–H groups in total. The van der Waals surface area contributed by atoms with Crippen molar-refractivity contribution in [1.29, 1.82) is 0 Å². The van der Waals surface area contributed by atoms with E-state index < -0.39 is 16.1 Å². The first-order chi connectivity index (χ1) is 12.7. The Bertz CT molecular complexity index is 931. The Balaban J connectivity index is 1.78. The van der Waals surface area contributed by atoms with Crippen LogP contribution in [0.15, 0.2) is 39.6 Å². The Morgan fingerprint density at radius 1 is 1.22 bits per heavy atom. The van der Waals surface area contributed by atoms with Crippen molar-refractivity contribution in [2.24, 2.45) is 0 Å². The maximum atomic E-state index is 13.0. The fourth-order valence-electron chi connectivity index (χ4n) is 3.60. The number of nitrogens with zero attached hydrogens (tertiary/aromatic N) is 1. The summed E-state index contributed by atoms with van der Waals surface area (Å²) in [6, 6.07) is 7.69. The molecule has 27 heavy (non-hydrogen) atoms. The van der Waals surface area contributed by atoms with Gasteiger partial charge in [-0.1, -0.05) is 17.7 Å². The van der Waals surface area contributed by atoms with E-state index in [0.717, 1.165) is 22.6 Å². The van der Waals surface area contributed by atoms with E-state index in [0.29, 0.717) is 19.4 Å². The van der Waals surface area contributed by atoms with E-state index in [2.05, 4.69) is 5.32 Å². The molecule has 1 aromatic heterocycles. The number of nitrogens with one attached hydrogen (secondary N) is 1. The number of amides is 1. The Kier molecular flexibility index (Phi) is 5.44. The number of hydrogen-bond donors (Lipinski definition) is 1. The van der Waals surface area contributed by atoms with Crippen LogP contribution in [0.5, 0.6) is 0 Å². The van der Waals surface area contributed by atoms with Crippen molar-refractivity contribution < 1.29 is 17.6 Å². The summed E-state index contributed by atoms with van der Waals surface area (Å²) in [6.07, 6.45) is 1.19. The smallest absolute Gasteiger partial charge is 0.243 e. The van der Waals surface area contributed by atoms with Gasteiger partial charge in [0.05, 0.1) is 10.9 Å². The highest BCUT2D eigenvalue weighted by atomic mass is 32.2. The molecule has 0 radical (unpaired) electrons. The van der Waals surface area contributed by atoms with Crippen LogP contribution in [0.1, 0.15) is 48.5 Å². The minimum Gasteiger partial charge on any atom is -0.466 e. The zero-order valence-corrected chi connectivity index (χ0v) is 17.0. The molecule has 0 aliphatic carbocycles. The summed E-state index contributed by atoms with van der Waals surface area (Å²) in [7, 11) is -3.70. The predicted molar refractivity (Wildman–Crippen MR) is 103 cm³/mol. The lowest BCUT2D eigenvalue weighted by atomic mass is 10.1. The van der Waals surface area contributed by atoms with Crippen LogP contribution in [-0.2, 0) is 14.8 Å². The summed E-state index contributed by atoms with van der Waals surface area (Å²) < 4.78 is 32.9. The molecule has 1 unspecified atom stereocenters. The summed E-state index contributed by atoms with van der Waals surface area (Å²) in [5.41, 5.74) is 1.90. The summed E-state index contributed by atoms with van der Waals surface area (Å²) in [6.45, 7) is 7.85. The first kappa shape index (κ1) is 19.6. The van der Waals surface area contributed by atoms with Gasteiger partial charge in [-0.15, -0.1) is 0 Å². The SMILES string of the molecule is Cc1ccc(S(=O)(=O)N2CCC[C@H]2C(=O)NC(C)c2cc(C)oc2C)cc1. The van der Waals surface area contributed by atoms with E-state index >= 15 is 0 Å². The quantitative estimate of drug-likeness (QED) is 0.850. The van der Waals surface area contributed by atoms with E-state index in [1.165, 1.54) is 4.31 Å². The Morgan fingerprint density at radius 2 is 1.89 bits per heavy atom. The van der Waals surface area contributed by atoms with Crippen LogP contribution in [0.25, 0.3) is 0 Å². The lowest BCUT2D eigenvalue weighted by Crippen LogP contribution is -2.46. The number of carbonyl (C=O) groups is 1. The third-order valence-electron chi connectivity index (χ3n) is 5.04. The standard InChI is InChI=1S/C20H26N2O4S/c1-13-7-9-17(10-8-13)27(24,25)22-11-5-6-19(22)20(23)21-15(3)18-12-14(2)26-16(18)4/h7-10,12,15,19H,5-6,11H2,1-4H3,(H,21,23)/t15?,19-/m0/s1. The van der Waals surface area contributed by atoms with Crippen molar-refractivity contribution in [3.8, 4) is 0 Å². The molecule has 1 fully saturated rings. The monoisotopic (exact) mass is 390 g/mol. The molecular formula is C20H26N2O4S. The molecule has 146 valence electrons. The van der Waals surface area contributed by atoms with Crippen LogP contribution in [-0.4, -0.2) is 31.2 Å². The minimum atomic E-state index is -3.70. The number of rotatable bonds is 5. The molecule has 2 atom stereocenters. The molecule has 2 heterocycles. The molecule has 0 saturated carbocycles. The second-order valence-electron chi connectivity index (χ2n) is 7.19. The predicted octanol–water partition coefficient (Wildman–Crippen LogP) is 3.24. The fourth-order valence-corrected chi connectivity index (χ4v) is 5.26. The summed E-state index contributed by atoms with van der Waals surface area (Å²) in [5.74, 6) is 1.28. The van der Waals surface area contributed by atoms with Crippen molar-refractivity contribution in [3.05, 3.63) is 53.0 Å². The summed E-state index contributed by atoms with van der Waals surface area (Å²) in [4.78, 5) is 13.1. The van der Waals surface area contributed by atoms with Gasteiger partial charge in [0.2, 0.25) is 15.9 Å². The molecule has 1 aliphatic heterocycles. The van der Waals surface area contributed by atoms with Crippen LogP contribution in [0.3, 0.4) is 0 Å². The molecule has 1 aromatic carbocycles. The molecule has 1 amide bonds. The average molecular weight is 391 g/mol. The van der Waals surface area contributed by atoms with Gasteiger partial charge >= 0.3 is 0 Å². The maximum absolute atomic E-state index is 13.0. The van der Waals surface area contributed by atoms with Crippen molar-refractivity contribution in [2.45, 2.75) is 57.5 Å². The third kappa shape index (κ3) is 3.94. The first-order valence-corrected chi connectivity index (χ1v) is 10.6. The molecule has 3 rings (SSSR count). The number of aryl methyl sites for hydroxylation is 3. The van der Waals surface area contributed by atoms with Crippen LogP contribution in [0.2, 0.25) is 0 Å². The van der Waals surface area contributed by atoms with Gasteiger partial charge in [0.15, 0.2) is 0 Å². The highest BCUT2D eigenvalue weighted by Crippen LogP contribution is 2.28. The van der Waals surface area contributed by atoms with Gasteiger partial charge in [-0.25, -0.2) is 8.42 Å². The number of hydrogen-bond acceptors (Lipinski definition) is 4. The Labute approximate surface area is 160 Å². The van der Waals surface area contributed by atoms with Crippen LogP contribution < -0.4 is 5.32 Å². The second kappa shape index (κ2) is 7.48. The molecule has 0 spiro atoms. The average Bonchev–Trinajstić information content (AvgIpc) is 3.22. The van der Waals surface area contributed by atoms with Gasteiger partial charge < -0.3 is 9.73 Å². The van der Waals surface area contributed by atoms with Crippen molar-refractivity contribution in [2.75, 3.05) is 6.54 Å². The molecular weight excluding hydrogens is 364 g/mol. The fraction of sp³-hybridized carbons (Fsp3) is 0.450. The van der Waals surface area contributed by atoms with Crippen molar-refractivity contribution >= 4 is 15.9 Å². The lowest BCUT2D eigenvalue weighted by Gasteiger charge is -2.25. The van der Waals surface area contributed by atoms with Gasteiger partial charge in [-0.3, -0.25) is 4.79 Å². The van der Waals surface area contributed by atoms with E-state index in [1.807, 2.05) is 33.8 Å². The normalized spacial score (nSPS) is 19.2. The first-order valence-electron chi connectivity index (χ1n) is 9.16. The van der Waals surface area contributed by atoms with Crippen molar-refractivity contribution in [1.82, 2.24) is 9.62 Å². The molecule has 0 bridgehead atoms. The van der Waals surface area contributed by atoms with Crippen LogP contribution in [0.4, 0.5) is 0 Å². The van der Waals surface area contributed by atoms with E-state index in [1.54, 1.807) is 24.3 Å². The van der Waals surface area contributed by atoms with E-state index in [4.69, 9.17) is 4.42 Å². The minimum absolute atomic E-state index is 0.224. The highest BCUT2D eigenvalue weighted by Gasteiger charge is 2.39. The third-order valence-corrected chi connectivity index (χ3v) is 6.96. The van der Waals surface area contributed by atoms with Crippen LogP contribution >= 0.6 is 0 Å². The van der Waals surface area contributed by atoms with E-state index in [-0.39, 0.29) is 16.8 Å². The summed E-state index contributed by atoms with van der Waals surface area (Å²) in [5, 5.41) is 2.95. The molecule has 1 saturated heterocycles. The van der Waals surface area contributed by atoms with Gasteiger partial charge in [-0.2, -0.15) is 4.31 Å².